The molecule has 0 radical (unpaired) electrons. The summed E-state index contributed by atoms with van der Waals surface area (Å²) in [5.74, 6) is 0.122. The fourth-order valence-corrected chi connectivity index (χ4v) is 3.84. The highest BCUT2D eigenvalue weighted by molar-refractivity contribution is 5.83. The Labute approximate surface area is 140 Å². The van der Waals surface area contributed by atoms with E-state index in [2.05, 4.69) is 14.9 Å². The molecule has 1 amide bonds. The van der Waals surface area contributed by atoms with Crippen LogP contribution in [0.2, 0.25) is 0 Å². The minimum absolute atomic E-state index is 0.124. The number of anilines is 1. The lowest BCUT2D eigenvalue weighted by Crippen LogP contribution is -2.42. The Morgan fingerprint density at radius 1 is 1.29 bits per heavy atom. The van der Waals surface area contributed by atoms with Gasteiger partial charge in [0.05, 0.1) is 7.11 Å². The quantitative estimate of drug-likeness (QED) is 0.872. The maximum atomic E-state index is 11.8. The molecule has 130 valence electrons. The molecule has 3 heterocycles. The number of carbonyl (C=O) groups excluding carboxylic acids is 1. The van der Waals surface area contributed by atoms with Crippen LogP contribution in [0.5, 0.6) is 5.88 Å². The number of likely N-dealkylation sites (tertiary alicyclic amines) is 1. The summed E-state index contributed by atoms with van der Waals surface area (Å²) >= 11 is 0. The molecule has 2 aliphatic heterocycles. The topological polar surface area (TPSA) is 95.9 Å². The lowest BCUT2D eigenvalue weighted by molar-refractivity contribution is -0.147. The van der Waals surface area contributed by atoms with Crippen LogP contribution in [0.4, 0.5) is 5.82 Å². The van der Waals surface area contributed by atoms with Gasteiger partial charge in [-0.05, 0) is 24.7 Å². The average molecular weight is 334 g/mol. The second-order valence-corrected chi connectivity index (χ2v) is 6.58. The Bertz CT molecular complexity index is 619. The first-order valence-corrected chi connectivity index (χ1v) is 8.06. The van der Waals surface area contributed by atoms with Crippen molar-refractivity contribution in [1.29, 1.82) is 0 Å². The van der Waals surface area contributed by atoms with E-state index < -0.39 is 12.0 Å². The van der Waals surface area contributed by atoms with Crippen LogP contribution in [0, 0.1) is 5.41 Å². The summed E-state index contributed by atoms with van der Waals surface area (Å²) in [7, 11) is 1.57. The molecule has 1 atom stereocenters. The lowest BCUT2D eigenvalue weighted by Gasteiger charge is -2.39. The largest absolute Gasteiger partial charge is 0.480 e. The number of carboxylic acid groups (broad SMARTS) is 1. The SMILES string of the molecule is COc1nccnc1N1CCC2(CC1)C[C@H](C(=O)O)N(C(C)=O)C2. The van der Waals surface area contributed by atoms with Crippen molar-refractivity contribution in [1.82, 2.24) is 14.9 Å². The van der Waals surface area contributed by atoms with E-state index >= 15 is 0 Å². The van der Waals surface area contributed by atoms with Crippen molar-refractivity contribution in [3.05, 3.63) is 12.4 Å². The fourth-order valence-electron chi connectivity index (χ4n) is 3.84. The molecule has 1 N–H and O–H groups in total. The Morgan fingerprint density at radius 3 is 2.50 bits per heavy atom. The van der Waals surface area contributed by atoms with E-state index in [0.717, 1.165) is 25.9 Å². The number of aromatic nitrogens is 2. The van der Waals surface area contributed by atoms with Crippen LogP contribution >= 0.6 is 0 Å². The minimum atomic E-state index is -0.917. The molecular formula is C16H22N4O4. The van der Waals surface area contributed by atoms with Gasteiger partial charge in [0, 0.05) is 39.0 Å². The zero-order valence-electron chi connectivity index (χ0n) is 13.9. The predicted molar refractivity (Wildman–Crippen MR) is 85.9 cm³/mol. The van der Waals surface area contributed by atoms with Crippen LogP contribution in [0.1, 0.15) is 26.2 Å². The van der Waals surface area contributed by atoms with Gasteiger partial charge < -0.3 is 19.6 Å². The third-order valence-corrected chi connectivity index (χ3v) is 5.16. The van der Waals surface area contributed by atoms with Crippen LogP contribution < -0.4 is 9.64 Å². The average Bonchev–Trinajstić information content (AvgIpc) is 2.96. The Kier molecular flexibility index (Phi) is 4.29. The number of nitrogens with zero attached hydrogens (tertiary/aromatic N) is 4. The second-order valence-electron chi connectivity index (χ2n) is 6.58. The normalized spacial score (nSPS) is 22.7. The number of rotatable bonds is 3. The second kappa shape index (κ2) is 6.26. The summed E-state index contributed by atoms with van der Waals surface area (Å²) in [4.78, 5) is 35.4. The summed E-state index contributed by atoms with van der Waals surface area (Å²) in [5.41, 5.74) is -0.124. The molecule has 0 bridgehead atoms. The number of hydrogen-bond donors (Lipinski definition) is 1. The van der Waals surface area contributed by atoms with Crippen molar-refractivity contribution < 1.29 is 19.4 Å². The molecule has 2 saturated heterocycles. The van der Waals surface area contributed by atoms with Crippen molar-refractivity contribution in [3.8, 4) is 5.88 Å². The molecule has 1 spiro atoms. The molecule has 2 aliphatic rings. The van der Waals surface area contributed by atoms with Gasteiger partial charge in [0.25, 0.3) is 5.88 Å². The fraction of sp³-hybridized carbons (Fsp3) is 0.625. The number of hydrogen-bond acceptors (Lipinski definition) is 6. The van der Waals surface area contributed by atoms with Gasteiger partial charge in [0.2, 0.25) is 5.91 Å². The van der Waals surface area contributed by atoms with Crippen LogP contribution in [0.3, 0.4) is 0 Å². The third-order valence-electron chi connectivity index (χ3n) is 5.16. The smallest absolute Gasteiger partial charge is 0.326 e. The molecule has 0 aromatic carbocycles. The summed E-state index contributed by atoms with van der Waals surface area (Å²) in [5, 5.41) is 9.41. The molecule has 0 saturated carbocycles. The van der Waals surface area contributed by atoms with Gasteiger partial charge in [0.15, 0.2) is 5.82 Å². The van der Waals surface area contributed by atoms with E-state index in [0.29, 0.717) is 24.7 Å². The van der Waals surface area contributed by atoms with E-state index in [1.807, 2.05) is 0 Å². The number of aliphatic carboxylic acids is 1. The zero-order valence-corrected chi connectivity index (χ0v) is 13.9. The third kappa shape index (κ3) is 2.88. The predicted octanol–water partition coefficient (Wildman–Crippen LogP) is 0.777. The summed E-state index contributed by atoms with van der Waals surface area (Å²) in [6.45, 7) is 3.44. The first-order valence-electron chi connectivity index (χ1n) is 8.06. The van der Waals surface area contributed by atoms with E-state index in [9.17, 15) is 14.7 Å². The van der Waals surface area contributed by atoms with Gasteiger partial charge in [-0.15, -0.1) is 0 Å². The molecular weight excluding hydrogens is 312 g/mol. The van der Waals surface area contributed by atoms with Gasteiger partial charge in [-0.25, -0.2) is 14.8 Å². The van der Waals surface area contributed by atoms with Gasteiger partial charge in [0.1, 0.15) is 6.04 Å². The van der Waals surface area contributed by atoms with E-state index in [4.69, 9.17) is 4.74 Å². The molecule has 0 unspecified atom stereocenters. The van der Waals surface area contributed by atoms with Crippen LogP contribution in [-0.2, 0) is 9.59 Å². The first kappa shape index (κ1) is 16.5. The Balaban J connectivity index is 1.73. The summed E-state index contributed by atoms with van der Waals surface area (Å²) < 4.78 is 5.27. The number of methoxy groups -OCH3 is 1. The van der Waals surface area contributed by atoms with Crippen LogP contribution in [-0.4, -0.2) is 64.6 Å². The number of ether oxygens (including phenoxy) is 1. The van der Waals surface area contributed by atoms with E-state index in [1.54, 1.807) is 19.5 Å². The van der Waals surface area contributed by atoms with Crippen molar-refractivity contribution >= 4 is 17.7 Å². The number of piperidine rings is 1. The van der Waals surface area contributed by atoms with Gasteiger partial charge in [-0.3, -0.25) is 4.79 Å². The molecule has 8 nitrogen and oxygen atoms in total. The summed E-state index contributed by atoms with van der Waals surface area (Å²) in [6.07, 6.45) is 5.39. The summed E-state index contributed by atoms with van der Waals surface area (Å²) in [6, 6.07) is -0.708. The molecule has 8 heteroatoms. The molecule has 1 aromatic rings. The van der Waals surface area contributed by atoms with Crippen molar-refractivity contribution in [3.63, 3.8) is 0 Å². The van der Waals surface area contributed by atoms with E-state index in [-0.39, 0.29) is 11.3 Å². The molecule has 0 aliphatic carbocycles. The number of carbonyl (C=O) groups is 2. The highest BCUT2D eigenvalue weighted by Crippen LogP contribution is 2.44. The number of amides is 1. The minimum Gasteiger partial charge on any atom is -0.480 e. The molecule has 3 rings (SSSR count). The first-order chi connectivity index (χ1) is 11.5. The highest BCUT2D eigenvalue weighted by atomic mass is 16.5. The van der Waals surface area contributed by atoms with Crippen LogP contribution in [0.15, 0.2) is 12.4 Å². The maximum absolute atomic E-state index is 11.8. The lowest BCUT2D eigenvalue weighted by atomic mass is 9.76. The molecule has 2 fully saturated rings. The Morgan fingerprint density at radius 2 is 1.96 bits per heavy atom. The van der Waals surface area contributed by atoms with Crippen molar-refractivity contribution in [2.75, 3.05) is 31.6 Å². The maximum Gasteiger partial charge on any atom is 0.326 e. The molecule has 24 heavy (non-hydrogen) atoms. The van der Waals surface area contributed by atoms with Gasteiger partial charge in [-0.1, -0.05) is 0 Å². The highest BCUT2D eigenvalue weighted by Gasteiger charge is 2.49. The number of carboxylic acids is 1. The van der Waals surface area contributed by atoms with Crippen molar-refractivity contribution in [2.24, 2.45) is 5.41 Å². The zero-order chi connectivity index (χ0) is 17.3. The molecule has 1 aromatic heterocycles. The standard InChI is InChI=1S/C16H22N4O4/c1-11(21)20-10-16(9-12(20)15(22)23)3-7-19(8-4-16)13-14(24-2)18-6-5-17-13/h5-6,12H,3-4,7-10H2,1-2H3,(H,22,23)/t12-/m1/s1. The van der Waals surface area contributed by atoms with Gasteiger partial charge >= 0.3 is 5.97 Å². The Hall–Kier alpha value is -2.38. The van der Waals surface area contributed by atoms with Crippen LogP contribution in [0.25, 0.3) is 0 Å². The van der Waals surface area contributed by atoms with Crippen molar-refractivity contribution in [2.45, 2.75) is 32.2 Å². The monoisotopic (exact) mass is 334 g/mol. The van der Waals surface area contributed by atoms with E-state index in [1.165, 1.54) is 11.8 Å². The van der Waals surface area contributed by atoms with Gasteiger partial charge in [-0.2, -0.15) is 0 Å².